The van der Waals surface area contributed by atoms with Gasteiger partial charge in [0.2, 0.25) is 5.70 Å². The molecule has 0 aliphatic rings. The Labute approximate surface area is 115 Å². The van der Waals surface area contributed by atoms with Gasteiger partial charge < -0.3 is 14.9 Å². The maximum Gasteiger partial charge on any atom is 0.362 e. The minimum absolute atomic E-state index is 0.0601. The fourth-order valence-electron chi connectivity index (χ4n) is 1.31. The van der Waals surface area contributed by atoms with E-state index in [9.17, 15) is 14.7 Å². The van der Waals surface area contributed by atoms with Crippen molar-refractivity contribution in [2.45, 2.75) is 13.8 Å². The van der Waals surface area contributed by atoms with Crippen molar-refractivity contribution in [3.05, 3.63) is 41.3 Å². The van der Waals surface area contributed by atoms with Crippen LogP contribution in [-0.2, 0) is 9.53 Å². The van der Waals surface area contributed by atoms with Crippen LogP contribution in [0.3, 0.4) is 0 Å². The quantitative estimate of drug-likeness (QED) is 0.372. The third-order valence-corrected chi connectivity index (χ3v) is 2.20. The van der Waals surface area contributed by atoms with Gasteiger partial charge in [0.25, 0.3) is 0 Å². The number of carbonyl (C=O) groups excluding carboxylic acids is 1. The van der Waals surface area contributed by atoms with E-state index in [0.717, 1.165) is 0 Å². The number of carboxylic acid groups (broad SMARTS) is 1. The molecule has 1 rings (SSSR count). The van der Waals surface area contributed by atoms with E-state index in [1.54, 1.807) is 19.1 Å². The van der Waals surface area contributed by atoms with Crippen LogP contribution in [0.4, 0.5) is 5.69 Å². The number of ether oxygens (including phenoxy) is 1. The molecular weight excluding hydrogens is 264 g/mol. The fourth-order valence-corrected chi connectivity index (χ4v) is 1.31. The summed E-state index contributed by atoms with van der Waals surface area (Å²) in [5.74, 6) is -2.36. The molecule has 0 unspecified atom stereocenters. The van der Waals surface area contributed by atoms with Crippen molar-refractivity contribution in [1.82, 2.24) is 0 Å². The molecule has 7 nitrogen and oxygen atoms in total. The Hall–Kier alpha value is -2.70. The molecule has 0 aliphatic heterocycles. The van der Waals surface area contributed by atoms with Crippen molar-refractivity contribution in [3.63, 3.8) is 0 Å². The van der Waals surface area contributed by atoms with Gasteiger partial charge in [0, 0.05) is 0 Å². The number of azo groups is 1. The minimum atomic E-state index is -1.16. The van der Waals surface area contributed by atoms with Gasteiger partial charge in [-0.15, -0.1) is 10.2 Å². The van der Waals surface area contributed by atoms with Crippen molar-refractivity contribution >= 4 is 17.6 Å². The number of nitrogens with zero attached hydrogens (tertiary/aromatic N) is 2. The number of aromatic carboxylic acids is 1. The van der Waals surface area contributed by atoms with E-state index in [-0.39, 0.29) is 29.3 Å². The number of aliphatic hydroxyl groups excluding tert-OH is 1. The molecular formula is C13H14N2O5. The molecule has 7 heteroatoms. The Morgan fingerprint density at radius 3 is 2.45 bits per heavy atom. The first kappa shape index (κ1) is 15.4. The zero-order valence-electron chi connectivity index (χ0n) is 11.0. The average molecular weight is 278 g/mol. The van der Waals surface area contributed by atoms with Crippen LogP contribution >= 0.6 is 0 Å². The second-order valence-electron chi connectivity index (χ2n) is 3.68. The summed E-state index contributed by atoms with van der Waals surface area (Å²) in [6, 6.07) is 5.92. The van der Waals surface area contributed by atoms with Gasteiger partial charge in [0.05, 0.1) is 12.2 Å². The maximum atomic E-state index is 11.5. The number of hydrogen-bond donors (Lipinski definition) is 2. The maximum absolute atomic E-state index is 11.5. The number of allylic oxidation sites excluding steroid dienone is 1. The molecule has 0 aromatic heterocycles. The first-order valence-electron chi connectivity index (χ1n) is 5.78. The Bertz CT molecular complexity index is 574. The van der Waals surface area contributed by atoms with Crippen LogP contribution in [0.5, 0.6) is 0 Å². The summed E-state index contributed by atoms with van der Waals surface area (Å²) in [5.41, 5.74) is -0.356. The number of rotatable bonds is 5. The highest BCUT2D eigenvalue weighted by Crippen LogP contribution is 2.20. The van der Waals surface area contributed by atoms with E-state index in [1.165, 1.54) is 19.1 Å². The average Bonchev–Trinajstić information content (AvgIpc) is 2.39. The molecule has 0 heterocycles. The molecule has 0 radical (unpaired) electrons. The molecule has 0 amide bonds. The first-order valence-corrected chi connectivity index (χ1v) is 5.78. The second-order valence-corrected chi connectivity index (χ2v) is 3.68. The largest absolute Gasteiger partial charge is 0.510 e. The molecule has 0 aliphatic carbocycles. The number of carboxylic acids is 1. The van der Waals surface area contributed by atoms with Crippen LogP contribution in [-0.4, -0.2) is 28.8 Å². The third kappa shape index (κ3) is 3.91. The van der Waals surface area contributed by atoms with Crippen molar-refractivity contribution in [2.75, 3.05) is 6.61 Å². The molecule has 0 spiro atoms. The van der Waals surface area contributed by atoms with Crippen LogP contribution < -0.4 is 0 Å². The smallest absolute Gasteiger partial charge is 0.362 e. The summed E-state index contributed by atoms with van der Waals surface area (Å²) in [5, 5.41) is 25.6. The van der Waals surface area contributed by atoms with Crippen LogP contribution in [0.25, 0.3) is 0 Å². The lowest BCUT2D eigenvalue weighted by Gasteiger charge is -2.03. The Kier molecular flexibility index (Phi) is 5.40. The van der Waals surface area contributed by atoms with Gasteiger partial charge in [-0.2, -0.15) is 0 Å². The number of benzene rings is 1. The van der Waals surface area contributed by atoms with Crippen molar-refractivity contribution in [3.8, 4) is 0 Å². The van der Waals surface area contributed by atoms with Gasteiger partial charge in [-0.3, -0.25) is 0 Å². The van der Waals surface area contributed by atoms with Crippen LogP contribution in [0.1, 0.15) is 24.2 Å². The molecule has 2 N–H and O–H groups in total. The number of hydrogen-bond acceptors (Lipinski definition) is 6. The highest BCUT2D eigenvalue weighted by molar-refractivity contribution is 5.93. The summed E-state index contributed by atoms with van der Waals surface area (Å²) in [4.78, 5) is 22.5. The minimum Gasteiger partial charge on any atom is -0.510 e. The first-order chi connectivity index (χ1) is 9.47. The Morgan fingerprint density at radius 1 is 1.25 bits per heavy atom. The standard InChI is InChI=1S/C13H14N2O5/c1-3-20-13(19)11(8(2)16)15-14-10-7-5-4-6-9(10)12(17)18/h4-7,16H,3H2,1-2H3,(H,17,18)/b11-8-,15-14?. The summed E-state index contributed by atoms with van der Waals surface area (Å²) in [6.45, 7) is 2.99. The van der Waals surface area contributed by atoms with E-state index in [4.69, 9.17) is 9.84 Å². The molecule has 20 heavy (non-hydrogen) atoms. The monoisotopic (exact) mass is 278 g/mol. The normalized spacial score (nSPS) is 12.1. The SMILES string of the molecule is CCOC(=O)/C(N=Nc1ccccc1C(=O)O)=C(\C)O. The van der Waals surface area contributed by atoms with E-state index in [2.05, 4.69) is 10.2 Å². The van der Waals surface area contributed by atoms with E-state index >= 15 is 0 Å². The van der Waals surface area contributed by atoms with Crippen LogP contribution in [0.2, 0.25) is 0 Å². The summed E-state index contributed by atoms with van der Waals surface area (Å²) in [6.07, 6.45) is 0. The third-order valence-electron chi connectivity index (χ3n) is 2.20. The van der Waals surface area contributed by atoms with Gasteiger partial charge in [0.15, 0.2) is 0 Å². The predicted octanol–water partition coefficient (Wildman–Crippen LogP) is 2.82. The van der Waals surface area contributed by atoms with Crippen molar-refractivity contribution in [1.29, 1.82) is 0 Å². The van der Waals surface area contributed by atoms with Gasteiger partial charge in [0.1, 0.15) is 11.4 Å². The predicted molar refractivity (Wildman–Crippen MR) is 69.9 cm³/mol. The Morgan fingerprint density at radius 2 is 1.90 bits per heavy atom. The van der Waals surface area contributed by atoms with Crippen molar-refractivity contribution < 1.29 is 24.5 Å². The molecule has 1 aromatic rings. The molecule has 0 atom stereocenters. The highest BCUT2D eigenvalue weighted by Gasteiger charge is 2.15. The number of carbonyl (C=O) groups is 2. The highest BCUT2D eigenvalue weighted by atomic mass is 16.5. The molecule has 0 bridgehead atoms. The molecule has 1 aromatic carbocycles. The Balaban J connectivity index is 3.10. The van der Waals surface area contributed by atoms with Crippen LogP contribution in [0.15, 0.2) is 46.0 Å². The van der Waals surface area contributed by atoms with E-state index in [0.29, 0.717) is 0 Å². The van der Waals surface area contributed by atoms with Gasteiger partial charge >= 0.3 is 11.9 Å². The van der Waals surface area contributed by atoms with Gasteiger partial charge in [-0.05, 0) is 26.0 Å². The second kappa shape index (κ2) is 7.03. The van der Waals surface area contributed by atoms with Crippen LogP contribution in [0, 0.1) is 0 Å². The number of esters is 1. The molecule has 0 saturated heterocycles. The molecule has 0 fully saturated rings. The lowest BCUT2D eigenvalue weighted by atomic mass is 10.2. The van der Waals surface area contributed by atoms with Gasteiger partial charge in [-0.25, -0.2) is 9.59 Å². The molecule has 106 valence electrons. The lowest BCUT2D eigenvalue weighted by Crippen LogP contribution is -2.07. The van der Waals surface area contributed by atoms with E-state index < -0.39 is 11.9 Å². The van der Waals surface area contributed by atoms with Gasteiger partial charge in [-0.1, -0.05) is 12.1 Å². The number of aliphatic hydroxyl groups is 1. The topological polar surface area (TPSA) is 109 Å². The summed E-state index contributed by atoms with van der Waals surface area (Å²) >= 11 is 0. The fraction of sp³-hybridized carbons (Fsp3) is 0.231. The van der Waals surface area contributed by atoms with E-state index in [1.807, 2.05) is 0 Å². The lowest BCUT2D eigenvalue weighted by molar-refractivity contribution is -0.138. The zero-order chi connectivity index (χ0) is 15.1. The summed E-state index contributed by atoms with van der Waals surface area (Å²) < 4.78 is 4.70. The zero-order valence-corrected chi connectivity index (χ0v) is 11.0. The molecule has 0 saturated carbocycles. The van der Waals surface area contributed by atoms with Crippen molar-refractivity contribution in [2.24, 2.45) is 10.2 Å². The summed E-state index contributed by atoms with van der Waals surface area (Å²) in [7, 11) is 0.